The molecular weight excluding hydrogens is 156 g/mol. The van der Waals surface area contributed by atoms with E-state index >= 15 is 0 Å². The lowest BCUT2D eigenvalue weighted by Gasteiger charge is -2.37. The second kappa shape index (κ2) is 2.96. The van der Waals surface area contributed by atoms with Crippen LogP contribution >= 0.6 is 0 Å². The van der Waals surface area contributed by atoms with Crippen LogP contribution in [0.3, 0.4) is 0 Å². The van der Waals surface area contributed by atoms with E-state index in [1.54, 1.807) is 0 Å². The smallest absolute Gasteiger partial charge is 0.143 e. The molecule has 2 heterocycles. The van der Waals surface area contributed by atoms with Crippen molar-refractivity contribution in [3.63, 3.8) is 0 Å². The summed E-state index contributed by atoms with van der Waals surface area (Å²) in [6.07, 6.45) is 2.51. The zero-order valence-corrected chi connectivity index (χ0v) is 7.53. The second-order valence-electron chi connectivity index (χ2n) is 3.74. The van der Waals surface area contributed by atoms with E-state index < -0.39 is 0 Å². The Labute approximate surface area is 72.7 Å². The summed E-state index contributed by atoms with van der Waals surface area (Å²) < 4.78 is 0. The first kappa shape index (κ1) is 8.44. The van der Waals surface area contributed by atoms with Gasteiger partial charge in [0.2, 0.25) is 0 Å². The van der Waals surface area contributed by atoms with Crippen LogP contribution in [0.25, 0.3) is 0 Å². The Kier molecular flexibility index (Phi) is 2.08. The molecule has 0 amide bonds. The lowest BCUT2D eigenvalue weighted by Crippen LogP contribution is -2.58. The molecule has 0 aromatic heterocycles. The summed E-state index contributed by atoms with van der Waals surface area (Å²) in [6, 6.07) is 0.0364. The van der Waals surface area contributed by atoms with Crippen LogP contribution in [0.1, 0.15) is 19.8 Å². The van der Waals surface area contributed by atoms with Crippen LogP contribution in [0.15, 0.2) is 0 Å². The number of rotatable bonds is 0. The molecule has 4 heteroatoms. The molecule has 2 atom stereocenters. The molecule has 12 heavy (non-hydrogen) atoms. The lowest BCUT2D eigenvalue weighted by molar-refractivity contribution is -1.25. The fourth-order valence-corrected chi connectivity index (χ4v) is 1.82. The highest BCUT2D eigenvalue weighted by atomic mass is 17.0. The van der Waals surface area contributed by atoms with Gasteiger partial charge in [0.05, 0.1) is 6.04 Å². The van der Waals surface area contributed by atoms with Gasteiger partial charge >= 0.3 is 0 Å². The van der Waals surface area contributed by atoms with Crippen LogP contribution in [-0.4, -0.2) is 36.7 Å². The van der Waals surface area contributed by atoms with Crippen LogP contribution in [0.2, 0.25) is 0 Å². The first-order chi connectivity index (χ1) is 5.72. The Morgan fingerprint density at radius 1 is 1.33 bits per heavy atom. The normalized spacial score (nSPS) is 40.5. The van der Waals surface area contributed by atoms with Crippen LogP contribution in [0, 0.1) is 0 Å². The van der Waals surface area contributed by atoms with Crippen molar-refractivity contribution in [1.29, 1.82) is 0 Å². The topological polar surface area (TPSA) is 44.5 Å². The molecule has 2 rings (SSSR count). The van der Waals surface area contributed by atoms with Crippen molar-refractivity contribution in [1.82, 2.24) is 0 Å². The third kappa shape index (κ3) is 1.35. The zero-order chi connectivity index (χ0) is 8.60. The number of nitrogens with two attached hydrogens (primary N) is 1. The van der Waals surface area contributed by atoms with Gasteiger partial charge in [-0.15, -0.1) is 0 Å². The van der Waals surface area contributed by atoms with Crippen molar-refractivity contribution in [2.75, 3.05) is 19.7 Å². The first-order valence-electron chi connectivity index (χ1n) is 4.67. The molecule has 0 radical (unpaired) electrons. The predicted octanol–water partition coefficient (Wildman–Crippen LogP) is 0.190. The maximum Gasteiger partial charge on any atom is 0.143 e. The SMILES string of the molecule is CC1O[N+]2(CCCC2)OCC1N. The van der Waals surface area contributed by atoms with Gasteiger partial charge in [0.25, 0.3) is 0 Å². The quantitative estimate of drug-likeness (QED) is 0.532. The van der Waals surface area contributed by atoms with Crippen LogP contribution < -0.4 is 5.73 Å². The highest BCUT2D eigenvalue weighted by Crippen LogP contribution is 2.26. The lowest BCUT2D eigenvalue weighted by atomic mass is 10.2. The Morgan fingerprint density at radius 2 is 2.00 bits per heavy atom. The van der Waals surface area contributed by atoms with E-state index in [2.05, 4.69) is 0 Å². The number of hydrogen-bond acceptors (Lipinski definition) is 3. The third-order valence-electron chi connectivity index (χ3n) is 2.71. The predicted molar refractivity (Wildman–Crippen MR) is 43.7 cm³/mol. The second-order valence-corrected chi connectivity index (χ2v) is 3.74. The molecule has 0 saturated carbocycles. The van der Waals surface area contributed by atoms with Crippen LogP contribution in [0.5, 0.6) is 0 Å². The standard InChI is InChI=1S/C8H17N2O2/c1-7-8(9)6-11-10(12-7)4-2-3-5-10/h7-8H,2-6,9H2,1H3/q+1. The summed E-state index contributed by atoms with van der Waals surface area (Å²) in [7, 11) is 0. The monoisotopic (exact) mass is 173 g/mol. The van der Waals surface area contributed by atoms with Crippen molar-refractivity contribution in [2.45, 2.75) is 31.9 Å². The first-order valence-corrected chi connectivity index (χ1v) is 4.67. The van der Waals surface area contributed by atoms with Gasteiger partial charge in [-0.25, -0.2) is 0 Å². The van der Waals surface area contributed by atoms with E-state index in [4.69, 9.17) is 15.4 Å². The Morgan fingerprint density at radius 3 is 2.58 bits per heavy atom. The van der Waals surface area contributed by atoms with E-state index in [-0.39, 0.29) is 12.1 Å². The van der Waals surface area contributed by atoms with E-state index in [0.717, 1.165) is 13.1 Å². The van der Waals surface area contributed by atoms with Gasteiger partial charge in [-0.2, -0.15) is 9.68 Å². The molecule has 0 bridgehead atoms. The summed E-state index contributed by atoms with van der Waals surface area (Å²) in [5.74, 6) is 0. The minimum atomic E-state index is 0.0364. The minimum absolute atomic E-state index is 0.0364. The summed E-state index contributed by atoms with van der Waals surface area (Å²) in [6.45, 7) is 4.61. The third-order valence-corrected chi connectivity index (χ3v) is 2.71. The Balaban J connectivity index is 2.01. The van der Waals surface area contributed by atoms with Crippen molar-refractivity contribution in [3.8, 4) is 0 Å². The summed E-state index contributed by atoms with van der Waals surface area (Å²) in [5.41, 5.74) is 5.77. The zero-order valence-electron chi connectivity index (χ0n) is 7.53. The van der Waals surface area contributed by atoms with Crippen LogP contribution in [-0.2, 0) is 9.68 Å². The fraction of sp³-hybridized carbons (Fsp3) is 1.00. The van der Waals surface area contributed by atoms with Crippen molar-refractivity contribution >= 4 is 0 Å². The van der Waals surface area contributed by atoms with Crippen LogP contribution in [0.4, 0.5) is 0 Å². The molecule has 0 aromatic carbocycles. The molecule has 2 N–H and O–H groups in total. The number of nitrogens with zero attached hydrogens (tertiary/aromatic N) is 1. The molecule has 2 aliphatic heterocycles. The van der Waals surface area contributed by atoms with E-state index in [1.165, 1.54) is 12.8 Å². The largest absolute Gasteiger partial charge is 0.323 e. The summed E-state index contributed by atoms with van der Waals surface area (Å²) >= 11 is 0. The number of quaternary nitrogens is 1. The van der Waals surface area contributed by atoms with Gasteiger partial charge in [0.15, 0.2) is 0 Å². The molecule has 4 nitrogen and oxygen atoms in total. The van der Waals surface area contributed by atoms with E-state index in [1.807, 2.05) is 6.92 Å². The van der Waals surface area contributed by atoms with Gasteiger partial charge in [0, 0.05) is 12.8 Å². The minimum Gasteiger partial charge on any atom is -0.323 e. The summed E-state index contributed by atoms with van der Waals surface area (Å²) in [5, 5.41) is 0. The molecule has 2 unspecified atom stereocenters. The van der Waals surface area contributed by atoms with Gasteiger partial charge < -0.3 is 5.73 Å². The van der Waals surface area contributed by atoms with E-state index in [9.17, 15) is 0 Å². The number of hydrogen-bond donors (Lipinski definition) is 1. The molecule has 2 saturated heterocycles. The highest BCUT2D eigenvalue weighted by molar-refractivity contribution is 4.68. The average molecular weight is 173 g/mol. The van der Waals surface area contributed by atoms with Gasteiger partial charge in [0.1, 0.15) is 25.8 Å². The maximum absolute atomic E-state index is 5.77. The van der Waals surface area contributed by atoms with Gasteiger partial charge in [-0.1, -0.05) is 0 Å². The molecule has 0 aromatic rings. The molecule has 2 fully saturated rings. The molecular formula is C8H17N2O2+. The van der Waals surface area contributed by atoms with E-state index in [0.29, 0.717) is 11.4 Å². The van der Waals surface area contributed by atoms with Gasteiger partial charge in [-0.3, -0.25) is 0 Å². The maximum atomic E-state index is 5.77. The number of hydroxylamine groups is 4. The average Bonchev–Trinajstić information content (AvgIpc) is 2.47. The molecule has 2 aliphatic rings. The Hall–Kier alpha value is -0.160. The highest BCUT2D eigenvalue weighted by Gasteiger charge is 2.44. The molecule has 70 valence electrons. The van der Waals surface area contributed by atoms with Crippen molar-refractivity contribution in [2.24, 2.45) is 5.73 Å². The van der Waals surface area contributed by atoms with Crippen molar-refractivity contribution < 1.29 is 14.5 Å². The Bertz CT molecular complexity index is 168. The van der Waals surface area contributed by atoms with Crippen molar-refractivity contribution in [3.05, 3.63) is 0 Å². The fourth-order valence-electron chi connectivity index (χ4n) is 1.82. The molecule has 0 aliphatic carbocycles. The summed E-state index contributed by atoms with van der Waals surface area (Å²) in [4.78, 5) is 11.7. The van der Waals surface area contributed by atoms with Gasteiger partial charge in [-0.05, 0) is 11.7 Å². The molecule has 1 spiro atoms.